The lowest BCUT2D eigenvalue weighted by molar-refractivity contribution is -0.127. The van der Waals surface area contributed by atoms with E-state index in [1.54, 1.807) is 0 Å². The lowest BCUT2D eigenvalue weighted by atomic mass is 9.62. The molecule has 4 unspecified atom stereocenters. The molecule has 0 aromatic carbocycles. The molecule has 2 aliphatic rings. The Hall–Kier alpha value is -0.120. The summed E-state index contributed by atoms with van der Waals surface area (Å²) in [6.45, 7) is 7.09. The van der Waals surface area contributed by atoms with E-state index in [9.17, 15) is 0 Å². The van der Waals surface area contributed by atoms with Crippen molar-refractivity contribution in [2.75, 3.05) is 19.8 Å². The third-order valence-electron chi connectivity index (χ3n) is 4.37. The molecule has 1 heterocycles. The molecule has 0 radical (unpaired) electrons. The summed E-state index contributed by atoms with van der Waals surface area (Å²) in [4.78, 5) is 0. The van der Waals surface area contributed by atoms with Crippen LogP contribution in [0.4, 0.5) is 0 Å². The van der Waals surface area contributed by atoms with E-state index in [2.05, 4.69) is 13.8 Å². The van der Waals surface area contributed by atoms with Crippen molar-refractivity contribution < 1.29 is 9.47 Å². The second-order valence-corrected chi connectivity index (χ2v) is 5.25. The van der Waals surface area contributed by atoms with Crippen LogP contribution in [0.1, 0.15) is 33.1 Å². The van der Waals surface area contributed by atoms with Gasteiger partial charge in [-0.1, -0.05) is 13.8 Å². The first-order chi connectivity index (χ1) is 7.16. The van der Waals surface area contributed by atoms with Gasteiger partial charge >= 0.3 is 0 Å². The Labute approximate surface area is 92.3 Å². The molecular formula is C12H23NO2. The highest BCUT2D eigenvalue weighted by Crippen LogP contribution is 2.44. The lowest BCUT2D eigenvalue weighted by Gasteiger charge is -2.52. The predicted molar refractivity (Wildman–Crippen MR) is 59.7 cm³/mol. The summed E-state index contributed by atoms with van der Waals surface area (Å²) in [5, 5.41) is 0. The normalized spacial score (nSPS) is 45.4. The van der Waals surface area contributed by atoms with Crippen LogP contribution in [-0.4, -0.2) is 32.0 Å². The van der Waals surface area contributed by atoms with Crippen molar-refractivity contribution in [1.29, 1.82) is 0 Å². The second-order valence-electron chi connectivity index (χ2n) is 5.25. The van der Waals surface area contributed by atoms with E-state index >= 15 is 0 Å². The maximum absolute atomic E-state index is 6.04. The fraction of sp³-hybridized carbons (Fsp3) is 1.00. The first kappa shape index (κ1) is 11.4. The molecule has 0 aromatic heterocycles. The fourth-order valence-electron chi connectivity index (χ4n) is 2.56. The molecule has 2 fully saturated rings. The number of hydrogen-bond donors (Lipinski definition) is 1. The van der Waals surface area contributed by atoms with Gasteiger partial charge < -0.3 is 15.2 Å². The van der Waals surface area contributed by atoms with E-state index in [0.29, 0.717) is 18.1 Å². The first-order valence-electron chi connectivity index (χ1n) is 6.11. The van der Waals surface area contributed by atoms with Gasteiger partial charge in [-0.2, -0.15) is 0 Å². The molecule has 2 rings (SSSR count). The SMILES string of the molecule is CCC1(C)C(N)CC1OCC1CCOC1. The summed E-state index contributed by atoms with van der Waals surface area (Å²) in [6.07, 6.45) is 3.66. The molecule has 0 spiro atoms. The molecule has 88 valence electrons. The topological polar surface area (TPSA) is 44.5 Å². The number of ether oxygens (including phenoxy) is 2. The van der Waals surface area contributed by atoms with Gasteiger partial charge in [0, 0.05) is 24.0 Å². The fourth-order valence-corrected chi connectivity index (χ4v) is 2.56. The van der Waals surface area contributed by atoms with Crippen molar-refractivity contribution in [3.8, 4) is 0 Å². The largest absolute Gasteiger partial charge is 0.381 e. The first-order valence-corrected chi connectivity index (χ1v) is 6.11. The molecule has 4 atom stereocenters. The van der Waals surface area contributed by atoms with Crippen LogP contribution in [0.25, 0.3) is 0 Å². The van der Waals surface area contributed by atoms with Gasteiger partial charge in [0.1, 0.15) is 0 Å². The Bertz CT molecular complexity index is 216. The van der Waals surface area contributed by atoms with Crippen LogP contribution in [0.3, 0.4) is 0 Å². The van der Waals surface area contributed by atoms with E-state index in [-0.39, 0.29) is 5.41 Å². The van der Waals surface area contributed by atoms with Crippen LogP contribution in [-0.2, 0) is 9.47 Å². The van der Waals surface area contributed by atoms with Crippen molar-refractivity contribution in [2.45, 2.75) is 45.3 Å². The van der Waals surface area contributed by atoms with E-state index in [1.807, 2.05) is 0 Å². The summed E-state index contributed by atoms with van der Waals surface area (Å²) < 4.78 is 11.3. The van der Waals surface area contributed by atoms with E-state index in [4.69, 9.17) is 15.2 Å². The standard InChI is InChI=1S/C12H23NO2/c1-3-12(2)10(13)6-11(12)15-8-9-4-5-14-7-9/h9-11H,3-8,13H2,1-2H3. The molecule has 3 nitrogen and oxygen atoms in total. The highest BCUT2D eigenvalue weighted by molar-refractivity contribution is 5.03. The van der Waals surface area contributed by atoms with Crippen molar-refractivity contribution in [3.05, 3.63) is 0 Å². The molecule has 0 amide bonds. The Kier molecular flexibility index (Phi) is 3.33. The Morgan fingerprint density at radius 1 is 1.53 bits per heavy atom. The maximum Gasteiger partial charge on any atom is 0.0658 e. The Morgan fingerprint density at radius 3 is 2.87 bits per heavy atom. The molecule has 1 saturated carbocycles. The minimum absolute atomic E-state index is 0.208. The monoisotopic (exact) mass is 213 g/mol. The zero-order valence-electron chi connectivity index (χ0n) is 9.87. The quantitative estimate of drug-likeness (QED) is 0.770. The molecule has 1 aliphatic heterocycles. The zero-order chi connectivity index (χ0) is 10.9. The van der Waals surface area contributed by atoms with Crippen LogP contribution in [0.5, 0.6) is 0 Å². The number of nitrogens with two attached hydrogens (primary N) is 1. The summed E-state index contributed by atoms with van der Waals surface area (Å²) in [5.74, 6) is 0.614. The van der Waals surface area contributed by atoms with Crippen molar-refractivity contribution >= 4 is 0 Å². The van der Waals surface area contributed by atoms with Crippen LogP contribution < -0.4 is 5.73 Å². The third kappa shape index (κ3) is 2.05. The van der Waals surface area contributed by atoms with Gasteiger partial charge in [0.05, 0.1) is 19.3 Å². The summed E-state index contributed by atoms with van der Waals surface area (Å²) in [6, 6.07) is 0.326. The second kappa shape index (κ2) is 4.40. The van der Waals surface area contributed by atoms with Gasteiger partial charge in [-0.3, -0.25) is 0 Å². The number of rotatable bonds is 4. The smallest absolute Gasteiger partial charge is 0.0658 e. The lowest BCUT2D eigenvalue weighted by Crippen LogP contribution is -2.60. The molecule has 15 heavy (non-hydrogen) atoms. The van der Waals surface area contributed by atoms with Gasteiger partial charge in [-0.05, 0) is 19.3 Å². The van der Waals surface area contributed by atoms with E-state index in [0.717, 1.165) is 39.1 Å². The van der Waals surface area contributed by atoms with Crippen molar-refractivity contribution in [3.63, 3.8) is 0 Å². The Morgan fingerprint density at radius 2 is 2.33 bits per heavy atom. The highest BCUT2D eigenvalue weighted by Gasteiger charge is 2.49. The molecular weight excluding hydrogens is 190 g/mol. The van der Waals surface area contributed by atoms with Crippen molar-refractivity contribution in [1.82, 2.24) is 0 Å². The van der Waals surface area contributed by atoms with Gasteiger partial charge in [-0.15, -0.1) is 0 Å². The summed E-state index contributed by atoms with van der Waals surface area (Å²) in [5.41, 5.74) is 6.24. The van der Waals surface area contributed by atoms with Gasteiger partial charge in [0.15, 0.2) is 0 Å². The van der Waals surface area contributed by atoms with Gasteiger partial charge in [0.25, 0.3) is 0 Å². The summed E-state index contributed by atoms with van der Waals surface area (Å²) in [7, 11) is 0. The maximum atomic E-state index is 6.04. The summed E-state index contributed by atoms with van der Waals surface area (Å²) >= 11 is 0. The number of hydrogen-bond acceptors (Lipinski definition) is 3. The zero-order valence-corrected chi connectivity index (χ0v) is 9.87. The molecule has 3 heteroatoms. The molecule has 0 aromatic rings. The Balaban J connectivity index is 1.75. The highest BCUT2D eigenvalue weighted by atomic mass is 16.5. The average Bonchev–Trinajstić information content (AvgIpc) is 2.75. The molecule has 0 bridgehead atoms. The third-order valence-corrected chi connectivity index (χ3v) is 4.37. The van der Waals surface area contributed by atoms with Gasteiger partial charge in [0.2, 0.25) is 0 Å². The molecule has 2 N–H and O–H groups in total. The van der Waals surface area contributed by atoms with Gasteiger partial charge in [-0.25, -0.2) is 0 Å². The van der Waals surface area contributed by atoms with E-state index in [1.165, 1.54) is 0 Å². The van der Waals surface area contributed by atoms with Crippen LogP contribution >= 0.6 is 0 Å². The predicted octanol–water partition coefficient (Wildman–Crippen LogP) is 1.56. The van der Waals surface area contributed by atoms with Crippen LogP contribution in [0, 0.1) is 11.3 Å². The van der Waals surface area contributed by atoms with Crippen LogP contribution in [0.2, 0.25) is 0 Å². The molecule has 1 aliphatic carbocycles. The average molecular weight is 213 g/mol. The molecule has 1 saturated heterocycles. The van der Waals surface area contributed by atoms with Crippen LogP contribution in [0.15, 0.2) is 0 Å². The minimum atomic E-state index is 0.208. The van der Waals surface area contributed by atoms with Crippen molar-refractivity contribution in [2.24, 2.45) is 17.1 Å². The minimum Gasteiger partial charge on any atom is -0.381 e. The van der Waals surface area contributed by atoms with E-state index < -0.39 is 0 Å².